The molecule has 1 N–H and O–H groups in total. The van der Waals surface area contributed by atoms with E-state index in [2.05, 4.69) is 10.4 Å². The largest absolute Gasteiger partial charge is 0.381 e. The van der Waals surface area contributed by atoms with Crippen molar-refractivity contribution in [3.8, 4) is 0 Å². The van der Waals surface area contributed by atoms with E-state index in [1.54, 1.807) is 4.68 Å². The Morgan fingerprint density at radius 2 is 2.31 bits per heavy atom. The lowest BCUT2D eigenvalue weighted by molar-refractivity contribution is -0.119. The molecule has 0 aromatic carbocycles. The average molecular weight is 223 g/mol. The number of aryl methyl sites for hydroxylation is 2. The van der Waals surface area contributed by atoms with Crippen molar-refractivity contribution in [2.24, 2.45) is 13.0 Å². The number of ether oxygens (including phenoxy) is 1. The average Bonchev–Trinajstić information content (AvgIpc) is 2.83. The summed E-state index contributed by atoms with van der Waals surface area (Å²) < 4.78 is 6.91. The van der Waals surface area contributed by atoms with Gasteiger partial charge < -0.3 is 10.1 Å². The summed E-state index contributed by atoms with van der Waals surface area (Å²) in [7, 11) is 1.83. The summed E-state index contributed by atoms with van der Waals surface area (Å²) in [6.07, 6.45) is 0.807. The minimum atomic E-state index is -0.0189. The van der Waals surface area contributed by atoms with Gasteiger partial charge in [0.1, 0.15) is 5.82 Å². The Kier molecular flexibility index (Phi) is 2.96. The Hall–Kier alpha value is -1.36. The van der Waals surface area contributed by atoms with Gasteiger partial charge in [-0.3, -0.25) is 9.48 Å². The normalized spacial score (nSPS) is 20.1. The van der Waals surface area contributed by atoms with E-state index in [0.29, 0.717) is 13.2 Å². The number of hydrogen-bond donors (Lipinski definition) is 1. The standard InChI is InChI=1S/C11H17N3O2/c1-7-8(2)13-14(3)10(7)12-11(15)9-4-5-16-6-9/h9H,4-6H2,1-3H3,(H,12,15). The predicted octanol–water partition coefficient (Wildman–Crippen LogP) is 1.01. The van der Waals surface area contributed by atoms with Crippen LogP contribution in [-0.2, 0) is 16.6 Å². The molecule has 16 heavy (non-hydrogen) atoms. The highest BCUT2D eigenvalue weighted by molar-refractivity contribution is 5.92. The first-order chi connectivity index (χ1) is 7.59. The number of anilines is 1. The van der Waals surface area contributed by atoms with Crippen molar-refractivity contribution in [2.45, 2.75) is 20.3 Å². The fraction of sp³-hybridized carbons (Fsp3) is 0.636. The number of amides is 1. The Labute approximate surface area is 94.8 Å². The molecule has 2 rings (SSSR count). The molecule has 1 amide bonds. The molecule has 0 aliphatic carbocycles. The molecular weight excluding hydrogens is 206 g/mol. The van der Waals surface area contributed by atoms with Crippen molar-refractivity contribution >= 4 is 11.7 Å². The maximum Gasteiger partial charge on any atom is 0.231 e. The van der Waals surface area contributed by atoms with Crippen molar-refractivity contribution in [2.75, 3.05) is 18.5 Å². The van der Waals surface area contributed by atoms with Crippen LogP contribution in [0, 0.1) is 19.8 Å². The number of rotatable bonds is 2. The van der Waals surface area contributed by atoms with Crippen molar-refractivity contribution in [1.29, 1.82) is 0 Å². The first-order valence-corrected chi connectivity index (χ1v) is 5.48. The molecule has 1 saturated heterocycles. The molecule has 1 atom stereocenters. The molecular formula is C11H17N3O2. The van der Waals surface area contributed by atoms with Crippen LogP contribution in [0.5, 0.6) is 0 Å². The van der Waals surface area contributed by atoms with Crippen LogP contribution < -0.4 is 5.32 Å². The quantitative estimate of drug-likeness (QED) is 0.814. The van der Waals surface area contributed by atoms with Crippen molar-refractivity contribution < 1.29 is 9.53 Å². The summed E-state index contributed by atoms with van der Waals surface area (Å²) in [5, 5.41) is 7.18. The molecule has 1 aliphatic heterocycles. The van der Waals surface area contributed by atoms with E-state index < -0.39 is 0 Å². The predicted molar refractivity (Wildman–Crippen MR) is 60.2 cm³/mol. The summed E-state index contributed by atoms with van der Waals surface area (Å²) in [6, 6.07) is 0. The summed E-state index contributed by atoms with van der Waals surface area (Å²) in [5.74, 6) is 0.799. The second kappa shape index (κ2) is 4.25. The maximum atomic E-state index is 11.9. The van der Waals surface area contributed by atoms with Crippen LogP contribution in [0.25, 0.3) is 0 Å². The molecule has 1 aliphatic rings. The number of hydrogen-bond acceptors (Lipinski definition) is 3. The van der Waals surface area contributed by atoms with Gasteiger partial charge in [0, 0.05) is 19.2 Å². The summed E-state index contributed by atoms with van der Waals surface area (Å²) in [5.41, 5.74) is 1.97. The number of carbonyl (C=O) groups is 1. The highest BCUT2D eigenvalue weighted by Gasteiger charge is 2.24. The molecule has 0 spiro atoms. The van der Waals surface area contributed by atoms with Crippen LogP contribution >= 0.6 is 0 Å². The van der Waals surface area contributed by atoms with Gasteiger partial charge in [-0.1, -0.05) is 0 Å². The van der Waals surface area contributed by atoms with Crippen LogP contribution in [0.4, 0.5) is 5.82 Å². The van der Waals surface area contributed by atoms with E-state index in [9.17, 15) is 4.79 Å². The molecule has 1 aromatic heterocycles. The number of nitrogens with zero attached hydrogens (tertiary/aromatic N) is 2. The zero-order valence-corrected chi connectivity index (χ0v) is 9.91. The highest BCUT2D eigenvalue weighted by atomic mass is 16.5. The first kappa shape index (κ1) is 11.1. The smallest absolute Gasteiger partial charge is 0.231 e. The summed E-state index contributed by atoms with van der Waals surface area (Å²) in [4.78, 5) is 11.9. The SMILES string of the molecule is Cc1nn(C)c(NC(=O)C2CCOC2)c1C. The van der Waals surface area contributed by atoms with Crippen LogP contribution in [-0.4, -0.2) is 28.9 Å². The van der Waals surface area contributed by atoms with Gasteiger partial charge >= 0.3 is 0 Å². The van der Waals surface area contributed by atoms with Crippen molar-refractivity contribution in [3.05, 3.63) is 11.3 Å². The molecule has 0 bridgehead atoms. The zero-order chi connectivity index (χ0) is 11.7. The van der Waals surface area contributed by atoms with Crippen LogP contribution in [0.2, 0.25) is 0 Å². The minimum absolute atomic E-state index is 0.0189. The second-order valence-corrected chi connectivity index (χ2v) is 4.23. The lowest BCUT2D eigenvalue weighted by atomic mass is 10.1. The van der Waals surface area contributed by atoms with Gasteiger partial charge in [-0.25, -0.2) is 0 Å². The molecule has 1 unspecified atom stereocenters. The number of aromatic nitrogens is 2. The van der Waals surface area contributed by atoms with E-state index in [1.807, 2.05) is 20.9 Å². The fourth-order valence-electron chi connectivity index (χ4n) is 1.90. The van der Waals surface area contributed by atoms with Gasteiger partial charge in [-0.15, -0.1) is 0 Å². The third-order valence-corrected chi connectivity index (χ3v) is 3.06. The monoisotopic (exact) mass is 223 g/mol. The third-order valence-electron chi connectivity index (χ3n) is 3.06. The molecule has 2 heterocycles. The molecule has 1 aromatic rings. The summed E-state index contributed by atoms with van der Waals surface area (Å²) >= 11 is 0. The Morgan fingerprint density at radius 1 is 1.56 bits per heavy atom. The van der Waals surface area contributed by atoms with E-state index in [-0.39, 0.29) is 11.8 Å². The first-order valence-electron chi connectivity index (χ1n) is 5.48. The van der Waals surface area contributed by atoms with Crippen LogP contribution in [0.1, 0.15) is 17.7 Å². The Balaban J connectivity index is 2.11. The zero-order valence-electron chi connectivity index (χ0n) is 9.91. The molecule has 5 heteroatoms. The Bertz CT molecular complexity index is 406. The lowest BCUT2D eigenvalue weighted by Gasteiger charge is -2.10. The topological polar surface area (TPSA) is 56.2 Å². The van der Waals surface area contributed by atoms with E-state index >= 15 is 0 Å². The van der Waals surface area contributed by atoms with Gasteiger partial charge in [-0.05, 0) is 20.3 Å². The molecule has 1 fully saturated rings. The van der Waals surface area contributed by atoms with Gasteiger partial charge in [0.15, 0.2) is 0 Å². The van der Waals surface area contributed by atoms with Crippen molar-refractivity contribution in [1.82, 2.24) is 9.78 Å². The van der Waals surface area contributed by atoms with Gasteiger partial charge in [0.25, 0.3) is 0 Å². The molecule has 0 radical (unpaired) electrons. The van der Waals surface area contributed by atoms with Gasteiger partial charge in [-0.2, -0.15) is 5.10 Å². The van der Waals surface area contributed by atoms with E-state index in [4.69, 9.17) is 4.74 Å². The van der Waals surface area contributed by atoms with Crippen molar-refractivity contribution in [3.63, 3.8) is 0 Å². The minimum Gasteiger partial charge on any atom is -0.381 e. The molecule has 0 saturated carbocycles. The van der Waals surface area contributed by atoms with Gasteiger partial charge in [0.2, 0.25) is 5.91 Å². The van der Waals surface area contributed by atoms with E-state index in [0.717, 1.165) is 23.5 Å². The van der Waals surface area contributed by atoms with Crippen LogP contribution in [0.3, 0.4) is 0 Å². The third kappa shape index (κ3) is 1.95. The molecule has 5 nitrogen and oxygen atoms in total. The highest BCUT2D eigenvalue weighted by Crippen LogP contribution is 2.20. The van der Waals surface area contributed by atoms with E-state index in [1.165, 1.54) is 0 Å². The maximum absolute atomic E-state index is 11.9. The number of carbonyl (C=O) groups excluding carboxylic acids is 1. The second-order valence-electron chi connectivity index (χ2n) is 4.23. The molecule has 88 valence electrons. The lowest BCUT2D eigenvalue weighted by Crippen LogP contribution is -2.24. The Morgan fingerprint density at radius 3 is 2.81 bits per heavy atom. The van der Waals surface area contributed by atoms with Crippen LogP contribution in [0.15, 0.2) is 0 Å². The summed E-state index contributed by atoms with van der Waals surface area (Å²) in [6.45, 7) is 5.11. The van der Waals surface area contributed by atoms with Gasteiger partial charge in [0.05, 0.1) is 18.2 Å². The fourth-order valence-corrected chi connectivity index (χ4v) is 1.90. The number of nitrogens with one attached hydrogen (secondary N) is 1.